The van der Waals surface area contributed by atoms with Crippen molar-refractivity contribution in [3.05, 3.63) is 59.2 Å². The number of nitrogens with two attached hydrogens (primary N) is 1. The van der Waals surface area contributed by atoms with Crippen LogP contribution in [0, 0.1) is 13.8 Å². The van der Waals surface area contributed by atoms with Gasteiger partial charge in [-0.1, -0.05) is 35.4 Å². The van der Waals surface area contributed by atoms with Crippen LogP contribution in [0.15, 0.2) is 42.5 Å². The highest BCUT2D eigenvalue weighted by atomic mass is 15.1. The van der Waals surface area contributed by atoms with Crippen LogP contribution in [0.2, 0.25) is 0 Å². The average Bonchev–Trinajstić information content (AvgIpc) is 2.27. The van der Waals surface area contributed by atoms with Crippen molar-refractivity contribution >= 4 is 11.4 Å². The Labute approximate surface area is 109 Å². The summed E-state index contributed by atoms with van der Waals surface area (Å²) >= 11 is 0. The second-order valence-electron chi connectivity index (χ2n) is 4.95. The largest absolute Gasteiger partial charge is 0.399 e. The van der Waals surface area contributed by atoms with E-state index in [1.165, 1.54) is 16.7 Å². The van der Waals surface area contributed by atoms with Crippen molar-refractivity contribution < 1.29 is 0 Å². The zero-order valence-electron chi connectivity index (χ0n) is 11.3. The molecule has 0 fully saturated rings. The van der Waals surface area contributed by atoms with Crippen molar-refractivity contribution in [2.45, 2.75) is 20.4 Å². The van der Waals surface area contributed by atoms with E-state index in [0.29, 0.717) is 0 Å². The van der Waals surface area contributed by atoms with E-state index in [1.54, 1.807) is 0 Å². The summed E-state index contributed by atoms with van der Waals surface area (Å²) in [5.41, 5.74) is 11.7. The third-order valence-electron chi connectivity index (χ3n) is 3.01. The molecule has 0 saturated heterocycles. The van der Waals surface area contributed by atoms with Crippen LogP contribution in [0.3, 0.4) is 0 Å². The predicted molar refractivity (Wildman–Crippen MR) is 78.9 cm³/mol. The van der Waals surface area contributed by atoms with Crippen molar-refractivity contribution in [1.29, 1.82) is 0 Å². The Morgan fingerprint density at radius 2 is 1.67 bits per heavy atom. The topological polar surface area (TPSA) is 29.3 Å². The first kappa shape index (κ1) is 12.5. The minimum atomic E-state index is 0.805. The molecular weight excluding hydrogens is 220 g/mol. The van der Waals surface area contributed by atoms with Gasteiger partial charge in [0.2, 0.25) is 0 Å². The molecule has 94 valence electrons. The highest BCUT2D eigenvalue weighted by molar-refractivity contribution is 5.55. The van der Waals surface area contributed by atoms with Crippen molar-refractivity contribution in [3.8, 4) is 0 Å². The summed E-state index contributed by atoms with van der Waals surface area (Å²) in [7, 11) is 2.09. The molecule has 2 aromatic rings. The standard InChI is InChI=1S/C16H20N2/c1-12-7-13(2)9-14(8-12)11-18(3)16-6-4-5-15(17)10-16/h4-10H,11,17H2,1-3H3. The predicted octanol–water partition coefficient (Wildman–Crippen LogP) is 3.52. The van der Waals surface area contributed by atoms with E-state index in [1.807, 2.05) is 18.2 Å². The Morgan fingerprint density at radius 1 is 1.00 bits per heavy atom. The second-order valence-corrected chi connectivity index (χ2v) is 4.95. The number of rotatable bonds is 3. The third kappa shape index (κ3) is 3.04. The molecule has 0 unspecified atom stereocenters. The van der Waals surface area contributed by atoms with E-state index < -0.39 is 0 Å². The summed E-state index contributed by atoms with van der Waals surface area (Å²) in [4.78, 5) is 2.21. The third-order valence-corrected chi connectivity index (χ3v) is 3.01. The molecule has 0 radical (unpaired) electrons. The zero-order valence-corrected chi connectivity index (χ0v) is 11.3. The molecule has 0 bridgehead atoms. The highest BCUT2D eigenvalue weighted by Crippen LogP contribution is 2.19. The maximum absolute atomic E-state index is 5.81. The van der Waals surface area contributed by atoms with Crippen molar-refractivity contribution in [1.82, 2.24) is 0 Å². The van der Waals surface area contributed by atoms with Gasteiger partial charge in [-0.25, -0.2) is 0 Å². The molecule has 18 heavy (non-hydrogen) atoms. The van der Waals surface area contributed by atoms with Gasteiger partial charge in [0.05, 0.1) is 0 Å². The smallest absolute Gasteiger partial charge is 0.0426 e. The van der Waals surface area contributed by atoms with Gasteiger partial charge in [-0.05, 0) is 37.6 Å². The molecular formula is C16H20N2. The van der Waals surface area contributed by atoms with Gasteiger partial charge in [-0.3, -0.25) is 0 Å². The molecule has 2 N–H and O–H groups in total. The van der Waals surface area contributed by atoms with Crippen molar-refractivity contribution in [2.24, 2.45) is 0 Å². The Kier molecular flexibility index (Phi) is 3.56. The van der Waals surface area contributed by atoms with E-state index in [4.69, 9.17) is 5.73 Å². The zero-order chi connectivity index (χ0) is 13.1. The maximum Gasteiger partial charge on any atom is 0.0426 e. The lowest BCUT2D eigenvalue weighted by atomic mass is 10.1. The molecule has 0 saturated carbocycles. The SMILES string of the molecule is Cc1cc(C)cc(CN(C)c2cccc(N)c2)c1. The van der Waals surface area contributed by atoms with E-state index in [2.05, 4.69) is 50.1 Å². The van der Waals surface area contributed by atoms with E-state index in [0.717, 1.165) is 17.9 Å². The van der Waals surface area contributed by atoms with E-state index in [9.17, 15) is 0 Å². The molecule has 0 spiro atoms. The lowest BCUT2D eigenvalue weighted by Crippen LogP contribution is -2.16. The molecule has 0 aromatic heterocycles. The molecule has 2 heteroatoms. The first-order valence-corrected chi connectivity index (χ1v) is 6.18. The number of benzene rings is 2. The van der Waals surface area contributed by atoms with Gasteiger partial charge < -0.3 is 10.6 Å². The number of hydrogen-bond donors (Lipinski definition) is 1. The molecule has 0 aliphatic carbocycles. The average molecular weight is 240 g/mol. The summed E-state index contributed by atoms with van der Waals surface area (Å²) in [6.07, 6.45) is 0. The summed E-state index contributed by atoms with van der Waals surface area (Å²) < 4.78 is 0. The molecule has 0 heterocycles. The molecule has 2 aromatic carbocycles. The summed E-state index contributed by atoms with van der Waals surface area (Å²) in [6.45, 7) is 5.17. The summed E-state index contributed by atoms with van der Waals surface area (Å²) in [5.74, 6) is 0. The molecule has 0 aliphatic heterocycles. The van der Waals surface area contributed by atoms with Gasteiger partial charge in [0.15, 0.2) is 0 Å². The van der Waals surface area contributed by atoms with Gasteiger partial charge in [0.25, 0.3) is 0 Å². The lowest BCUT2D eigenvalue weighted by Gasteiger charge is -2.20. The molecule has 2 rings (SSSR count). The van der Waals surface area contributed by atoms with Crippen LogP contribution in [0.5, 0.6) is 0 Å². The second kappa shape index (κ2) is 5.13. The minimum absolute atomic E-state index is 0.805. The van der Waals surface area contributed by atoms with Crippen LogP contribution < -0.4 is 10.6 Å². The lowest BCUT2D eigenvalue weighted by molar-refractivity contribution is 0.920. The Morgan fingerprint density at radius 3 is 2.28 bits per heavy atom. The maximum atomic E-state index is 5.81. The fourth-order valence-electron chi connectivity index (χ4n) is 2.29. The monoisotopic (exact) mass is 240 g/mol. The van der Waals surface area contributed by atoms with Gasteiger partial charge in [-0.15, -0.1) is 0 Å². The number of nitrogens with zero attached hydrogens (tertiary/aromatic N) is 1. The van der Waals surface area contributed by atoms with Crippen LogP contribution >= 0.6 is 0 Å². The Bertz CT molecular complexity index is 526. The molecule has 2 nitrogen and oxygen atoms in total. The number of anilines is 2. The van der Waals surface area contributed by atoms with Gasteiger partial charge in [0, 0.05) is 25.0 Å². The van der Waals surface area contributed by atoms with E-state index >= 15 is 0 Å². The van der Waals surface area contributed by atoms with Crippen LogP contribution in [0.1, 0.15) is 16.7 Å². The Balaban J connectivity index is 2.18. The molecule has 0 amide bonds. The fraction of sp³-hybridized carbons (Fsp3) is 0.250. The van der Waals surface area contributed by atoms with Crippen LogP contribution in [0.4, 0.5) is 11.4 Å². The number of aryl methyl sites for hydroxylation is 2. The molecule has 0 atom stereocenters. The molecule has 0 aliphatic rings. The first-order valence-electron chi connectivity index (χ1n) is 6.18. The normalized spacial score (nSPS) is 10.4. The van der Waals surface area contributed by atoms with E-state index in [-0.39, 0.29) is 0 Å². The van der Waals surface area contributed by atoms with Crippen LogP contribution in [-0.2, 0) is 6.54 Å². The summed E-state index contributed by atoms with van der Waals surface area (Å²) in [5, 5.41) is 0. The van der Waals surface area contributed by atoms with Crippen LogP contribution in [0.25, 0.3) is 0 Å². The van der Waals surface area contributed by atoms with Crippen molar-refractivity contribution in [2.75, 3.05) is 17.7 Å². The van der Waals surface area contributed by atoms with Gasteiger partial charge in [0.1, 0.15) is 0 Å². The summed E-state index contributed by atoms with van der Waals surface area (Å²) in [6, 6.07) is 14.6. The minimum Gasteiger partial charge on any atom is -0.399 e. The van der Waals surface area contributed by atoms with Gasteiger partial charge >= 0.3 is 0 Å². The number of nitrogen functional groups attached to an aromatic ring is 1. The first-order chi connectivity index (χ1) is 8.54. The number of hydrogen-bond acceptors (Lipinski definition) is 2. The fourth-order valence-corrected chi connectivity index (χ4v) is 2.29. The van der Waals surface area contributed by atoms with Crippen LogP contribution in [-0.4, -0.2) is 7.05 Å². The highest BCUT2D eigenvalue weighted by Gasteiger charge is 2.03. The van der Waals surface area contributed by atoms with Crippen molar-refractivity contribution in [3.63, 3.8) is 0 Å². The quantitative estimate of drug-likeness (QED) is 0.832. The Hall–Kier alpha value is -1.96. The van der Waals surface area contributed by atoms with Gasteiger partial charge in [-0.2, -0.15) is 0 Å².